The Bertz CT molecular complexity index is 664. The summed E-state index contributed by atoms with van der Waals surface area (Å²) in [4.78, 5) is 10.2. The van der Waals surface area contributed by atoms with Gasteiger partial charge in [0.2, 0.25) is 0 Å². The van der Waals surface area contributed by atoms with Crippen LogP contribution in [0.15, 0.2) is 36.4 Å². The molecule has 0 spiro atoms. The number of nitro groups is 1. The van der Waals surface area contributed by atoms with Gasteiger partial charge in [-0.2, -0.15) is 0 Å². The number of ether oxygens (including phenoxy) is 1. The highest BCUT2D eigenvalue weighted by Crippen LogP contribution is 2.24. The van der Waals surface area contributed by atoms with Crippen LogP contribution >= 0.6 is 11.6 Å². The van der Waals surface area contributed by atoms with Crippen LogP contribution in [0.2, 0.25) is 5.02 Å². The summed E-state index contributed by atoms with van der Waals surface area (Å²) in [6.07, 6.45) is 0. The number of nitrogens with zero attached hydrogens (tertiary/aromatic N) is 1. The molecule has 104 valence electrons. The van der Waals surface area contributed by atoms with Gasteiger partial charge in [0.15, 0.2) is 0 Å². The molecular formula is C13H10ClFN2O3. The first kappa shape index (κ1) is 14.1. The van der Waals surface area contributed by atoms with Gasteiger partial charge in [0.25, 0.3) is 5.69 Å². The summed E-state index contributed by atoms with van der Waals surface area (Å²) in [7, 11) is 0. The van der Waals surface area contributed by atoms with Crippen LogP contribution in [0, 0.1) is 15.9 Å². The Morgan fingerprint density at radius 1 is 1.30 bits per heavy atom. The Labute approximate surface area is 118 Å². The van der Waals surface area contributed by atoms with E-state index in [2.05, 4.69) is 0 Å². The molecule has 5 nitrogen and oxygen atoms in total. The van der Waals surface area contributed by atoms with Crippen LogP contribution in [0.1, 0.15) is 5.56 Å². The van der Waals surface area contributed by atoms with Gasteiger partial charge in [0.1, 0.15) is 23.9 Å². The summed E-state index contributed by atoms with van der Waals surface area (Å²) in [5.41, 5.74) is 5.94. The molecule has 0 aromatic heterocycles. The van der Waals surface area contributed by atoms with Gasteiger partial charge >= 0.3 is 0 Å². The maximum Gasteiger partial charge on any atom is 0.292 e. The van der Waals surface area contributed by atoms with Gasteiger partial charge < -0.3 is 10.5 Å². The van der Waals surface area contributed by atoms with Crippen molar-refractivity contribution in [1.82, 2.24) is 0 Å². The van der Waals surface area contributed by atoms with Gasteiger partial charge in [-0.05, 0) is 23.8 Å². The second kappa shape index (κ2) is 5.75. The summed E-state index contributed by atoms with van der Waals surface area (Å²) in [6, 6.07) is 8.39. The molecule has 0 fully saturated rings. The van der Waals surface area contributed by atoms with E-state index in [0.29, 0.717) is 5.56 Å². The zero-order valence-electron chi connectivity index (χ0n) is 10.2. The van der Waals surface area contributed by atoms with E-state index in [-0.39, 0.29) is 28.8 Å². The minimum atomic E-state index is -0.590. The average Bonchev–Trinajstić information content (AvgIpc) is 2.41. The lowest BCUT2D eigenvalue weighted by molar-refractivity contribution is -0.384. The van der Waals surface area contributed by atoms with Gasteiger partial charge in [-0.25, -0.2) is 4.39 Å². The van der Waals surface area contributed by atoms with Crippen molar-refractivity contribution >= 4 is 23.0 Å². The molecule has 2 N–H and O–H groups in total. The summed E-state index contributed by atoms with van der Waals surface area (Å²) in [6.45, 7) is 0.0577. The Balaban J connectivity index is 2.12. The molecule has 0 saturated heterocycles. The number of nitrogen functional groups attached to an aromatic ring is 1. The van der Waals surface area contributed by atoms with Crippen LogP contribution in [0.25, 0.3) is 0 Å². The van der Waals surface area contributed by atoms with Crippen LogP contribution in [0.3, 0.4) is 0 Å². The molecule has 7 heteroatoms. The Kier molecular flexibility index (Phi) is 4.05. The molecule has 0 aliphatic heterocycles. The van der Waals surface area contributed by atoms with Gasteiger partial charge in [0, 0.05) is 12.1 Å². The second-order valence-electron chi connectivity index (χ2n) is 4.01. The van der Waals surface area contributed by atoms with Crippen LogP contribution in [0.5, 0.6) is 5.75 Å². The smallest absolute Gasteiger partial charge is 0.292 e. The molecule has 0 atom stereocenters. The van der Waals surface area contributed by atoms with Gasteiger partial charge in [-0.1, -0.05) is 17.7 Å². The monoisotopic (exact) mass is 296 g/mol. The van der Waals surface area contributed by atoms with Crippen molar-refractivity contribution in [3.8, 4) is 5.75 Å². The van der Waals surface area contributed by atoms with E-state index in [4.69, 9.17) is 22.1 Å². The lowest BCUT2D eigenvalue weighted by Crippen LogP contribution is -2.00. The highest BCUT2D eigenvalue weighted by molar-refractivity contribution is 6.30. The SMILES string of the molecule is Nc1ccc(COc2ccc(Cl)c(F)c2)cc1[N+](=O)[O-]. The standard InChI is InChI=1S/C13H10ClFN2O3/c14-10-3-2-9(6-11(10)15)20-7-8-1-4-12(16)13(5-8)17(18)19/h1-6H,7,16H2. The van der Waals surface area contributed by atoms with Gasteiger partial charge in [0.05, 0.1) is 9.95 Å². The second-order valence-corrected chi connectivity index (χ2v) is 4.42. The van der Waals surface area contributed by atoms with E-state index in [1.165, 1.54) is 24.3 Å². The number of hydrogen-bond acceptors (Lipinski definition) is 4. The van der Waals surface area contributed by atoms with Crippen molar-refractivity contribution in [3.63, 3.8) is 0 Å². The molecule has 0 heterocycles. The quantitative estimate of drug-likeness (QED) is 0.531. The fourth-order valence-corrected chi connectivity index (χ4v) is 1.69. The first-order valence-electron chi connectivity index (χ1n) is 5.58. The Hall–Kier alpha value is -2.34. The minimum absolute atomic E-state index is 0.000437. The first-order chi connectivity index (χ1) is 9.47. The molecule has 20 heavy (non-hydrogen) atoms. The number of hydrogen-bond donors (Lipinski definition) is 1. The number of anilines is 1. The largest absolute Gasteiger partial charge is 0.489 e. The van der Waals surface area contributed by atoms with E-state index < -0.39 is 10.7 Å². The predicted molar refractivity (Wildman–Crippen MR) is 73.3 cm³/mol. The zero-order valence-corrected chi connectivity index (χ0v) is 10.9. The number of nitrogens with two attached hydrogens (primary N) is 1. The maximum absolute atomic E-state index is 13.2. The van der Waals surface area contributed by atoms with E-state index in [0.717, 1.165) is 6.07 Å². The molecule has 2 rings (SSSR count). The van der Waals surface area contributed by atoms with E-state index in [1.807, 2.05) is 0 Å². The average molecular weight is 297 g/mol. The maximum atomic E-state index is 13.2. The highest BCUT2D eigenvalue weighted by Gasteiger charge is 2.12. The Morgan fingerprint density at radius 3 is 2.70 bits per heavy atom. The summed E-state index contributed by atoms with van der Waals surface area (Å²) < 4.78 is 18.6. The van der Waals surface area contributed by atoms with E-state index in [1.54, 1.807) is 6.07 Å². The van der Waals surface area contributed by atoms with Gasteiger partial charge in [-0.15, -0.1) is 0 Å². The first-order valence-corrected chi connectivity index (χ1v) is 5.96. The van der Waals surface area contributed by atoms with Crippen LogP contribution in [-0.2, 0) is 6.61 Å². The van der Waals surface area contributed by atoms with Crippen molar-refractivity contribution < 1.29 is 14.1 Å². The normalized spacial score (nSPS) is 10.3. The summed E-state index contributed by atoms with van der Waals surface area (Å²) >= 11 is 5.55. The van der Waals surface area contributed by atoms with E-state index >= 15 is 0 Å². The lowest BCUT2D eigenvalue weighted by Gasteiger charge is -2.07. The third kappa shape index (κ3) is 3.16. The fraction of sp³-hybridized carbons (Fsp3) is 0.0769. The minimum Gasteiger partial charge on any atom is -0.489 e. The molecule has 0 unspecified atom stereocenters. The molecule has 2 aromatic carbocycles. The van der Waals surface area contributed by atoms with Crippen molar-refractivity contribution in [2.24, 2.45) is 0 Å². The third-order valence-electron chi connectivity index (χ3n) is 2.59. The van der Waals surface area contributed by atoms with Crippen molar-refractivity contribution in [2.45, 2.75) is 6.61 Å². The van der Waals surface area contributed by atoms with Crippen molar-refractivity contribution in [2.75, 3.05) is 5.73 Å². The van der Waals surface area contributed by atoms with Crippen molar-refractivity contribution in [3.05, 3.63) is 62.9 Å². The predicted octanol–water partition coefficient (Wildman–Crippen LogP) is 3.55. The summed E-state index contributed by atoms with van der Waals surface area (Å²) in [5.74, 6) is -0.307. The van der Waals surface area contributed by atoms with Crippen LogP contribution in [0.4, 0.5) is 15.8 Å². The molecule has 2 aromatic rings. The highest BCUT2D eigenvalue weighted by atomic mass is 35.5. The molecule has 0 radical (unpaired) electrons. The molecular weight excluding hydrogens is 287 g/mol. The molecule has 0 aliphatic rings. The Morgan fingerprint density at radius 2 is 2.05 bits per heavy atom. The number of rotatable bonds is 4. The molecule has 0 bridgehead atoms. The fourth-order valence-electron chi connectivity index (χ4n) is 1.57. The topological polar surface area (TPSA) is 78.4 Å². The van der Waals surface area contributed by atoms with Crippen LogP contribution in [-0.4, -0.2) is 4.92 Å². The molecule has 0 saturated carbocycles. The molecule has 0 amide bonds. The number of benzene rings is 2. The zero-order chi connectivity index (χ0) is 14.7. The van der Waals surface area contributed by atoms with Crippen LogP contribution < -0.4 is 10.5 Å². The number of halogens is 2. The molecule has 0 aliphatic carbocycles. The summed E-state index contributed by atoms with van der Waals surface area (Å²) in [5, 5.41) is 10.8. The third-order valence-corrected chi connectivity index (χ3v) is 2.89. The lowest BCUT2D eigenvalue weighted by atomic mass is 10.2. The van der Waals surface area contributed by atoms with Crippen molar-refractivity contribution in [1.29, 1.82) is 0 Å². The van der Waals surface area contributed by atoms with Gasteiger partial charge in [-0.3, -0.25) is 10.1 Å². The van der Waals surface area contributed by atoms with E-state index in [9.17, 15) is 14.5 Å². The number of nitro benzene ring substituents is 1.